The number of nitrogens with one attached hydrogen (secondary N) is 1. The summed E-state index contributed by atoms with van der Waals surface area (Å²) < 4.78 is 11.7. The quantitative estimate of drug-likeness (QED) is 0.847. The maximum absolute atomic E-state index is 10.9. The Bertz CT molecular complexity index is 384. The molecule has 1 rings (SSSR count). The van der Waals surface area contributed by atoms with Crippen molar-refractivity contribution in [2.75, 3.05) is 23.9 Å². The van der Waals surface area contributed by atoms with Crippen molar-refractivity contribution in [2.45, 2.75) is 19.8 Å². The Balaban J connectivity index is 2.69. The summed E-state index contributed by atoms with van der Waals surface area (Å²) in [4.78, 5) is 8.66. The first-order valence-corrected chi connectivity index (χ1v) is 7.59. The molecule has 0 aliphatic rings. The highest BCUT2D eigenvalue weighted by Crippen LogP contribution is 2.17. The summed E-state index contributed by atoms with van der Waals surface area (Å²) in [5.74, 6) is 2.49. The molecule has 0 saturated heterocycles. The molecular formula is C10H16BrN3OS. The minimum absolute atomic E-state index is 0.290. The average molecular weight is 306 g/mol. The zero-order chi connectivity index (χ0) is 12.1. The lowest BCUT2D eigenvalue weighted by Crippen LogP contribution is -2.12. The van der Waals surface area contributed by atoms with Crippen LogP contribution in [-0.2, 0) is 10.8 Å². The number of anilines is 1. The zero-order valence-corrected chi connectivity index (χ0v) is 12.1. The molecule has 0 amide bonds. The van der Waals surface area contributed by atoms with Crippen molar-refractivity contribution in [3.8, 4) is 0 Å². The number of nitrogens with zero attached hydrogens (tertiary/aromatic N) is 2. The molecule has 1 aromatic heterocycles. The number of rotatable bonds is 5. The lowest BCUT2D eigenvalue weighted by atomic mass is 10.2. The topological polar surface area (TPSA) is 54.9 Å². The van der Waals surface area contributed by atoms with E-state index in [0.717, 1.165) is 16.2 Å². The molecule has 16 heavy (non-hydrogen) atoms. The highest BCUT2D eigenvalue weighted by molar-refractivity contribution is 9.10. The maximum Gasteiger partial charge on any atom is 0.134 e. The van der Waals surface area contributed by atoms with Gasteiger partial charge < -0.3 is 5.32 Å². The molecular weight excluding hydrogens is 290 g/mol. The molecule has 0 saturated carbocycles. The molecule has 0 fully saturated rings. The predicted octanol–water partition coefficient (Wildman–Crippen LogP) is 2.15. The second-order valence-corrected chi connectivity index (χ2v) is 6.16. The Morgan fingerprint density at radius 2 is 2.19 bits per heavy atom. The van der Waals surface area contributed by atoms with Gasteiger partial charge in [0.1, 0.15) is 16.2 Å². The van der Waals surface area contributed by atoms with E-state index in [-0.39, 0.29) is 0 Å². The molecule has 0 bridgehead atoms. The van der Waals surface area contributed by atoms with E-state index >= 15 is 0 Å². The van der Waals surface area contributed by atoms with Crippen molar-refractivity contribution in [2.24, 2.45) is 0 Å². The first kappa shape index (κ1) is 13.6. The fourth-order valence-electron chi connectivity index (χ4n) is 1.11. The Morgan fingerprint density at radius 1 is 1.50 bits per heavy atom. The van der Waals surface area contributed by atoms with Gasteiger partial charge in [0.2, 0.25) is 0 Å². The molecule has 1 atom stereocenters. The second-order valence-electron chi connectivity index (χ2n) is 3.79. The van der Waals surface area contributed by atoms with Gasteiger partial charge in [0.05, 0.1) is 0 Å². The molecule has 0 aliphatic carbocycles. The number of halogens is 1. The fourth-order valence-corrected chi connectivity index (χ4v) is 1.89. The van der Waals surface area contributed by atoms with Crippen molar-refractivity contribution >= 4 is 32.5 Å². The van der Waals surface area contributed by atoms with Gasteiger partial charge in [-0.2, -0.15) is 0 Å². The number of hydrogen-bond donors (Lipinski definition) is 1. The standard InChI is InChI=1S/C10H16BrN3OS/c1-7(2)10-13-8(11)6-9(14-10)12-4-5-16(3)15/h6-7H,4-5H2,1-3H3,(H,12,13,14). The largest absolute Gasteiger partial charge is 0.369 e. The van der Waals surface area contributed by atoms with Crippen molar-refractivity contribution in [3.05, 3.63) is 16.5 Å². The maximum atomic E-state index is 10.9. The van der Waals surface area contributed by atoms with Crippen LogP contribution < -0.4 is 5.32 Å². The fraction of sp³-hybridized carbons (Fsp3) is 0.600. The smallest absolute Gasteiger partial charge is 0.134 e. The minimum atomic E-state index is -0.776. The van der Waals surface area contributed by atoms with E-state index in [1.54, 1.807) is 6.26 Å². The van der Waals surface area contributed by atoms with Crippen LogP contribution in [0.15, 0.2) is 10.7 Å². The normalized spacial score (nSPS) is 12.8. The van der Waals surface area contributed by atoms with Crippen LogP contribution in [0.5, 0.6) is 0 Å². The molecule has 6 heteroatoms. The van der Waals surface area contributed by atoms with E-state index in [0.29, 0.717) is 18.2 Å². The van der Waals surface area contributed by atoms with Crippen LogP contribution in [0.3, 0.4) is 0 Å². The van der Waals surface area contributed by atoms with E-state index in [1.807, 2.05) is 19.9 Å². The first-order chi connectivity index (χ1) is 7.49. The average Bonchev–Trinajstić information content (AvgIpc) is 2.16. The lowest BCUT2D eigenvalue weighted by molar-refractivity contribution is 0.687. The molecule has 4 nitrogen and oxygen atoms in total. The summed E-state index contributed by atoms with van der Waals surface area (Å²) in [6.45, 7) is 4.75. The Morgan fingerprint density at radius 3 is 2.75 bits per heavy atom. The molecule has 1 heterocycles. The van der Waals surface area contributed by atoms with E-state index in [9.17, 15) is 4.21 Å². The summed E-state index contributed by atoms with van der Waals surface area (Å²) in [7, 11) is -0.776. The monoisotopic (exact) mass is 305 g/mol. The van der Waals surface area contributed by atoms with Crippen LogP contribution in [-0.4, -0.2) is 32.7 Å². The van der Waals surface area contributed by atoms with Crippen LogP contribution in [0, 0.1) is 0 Å². The van der Waals surface area contributed by atoms with Crippen LogP contribution in [0.25, 0.3) is 0 Å². The third-order valence-corrected chi connectivity index (χ3v) is 3.11. The molecule has 1 aromatic rings. The molecule has 0 radical (unpaired) electrons. The SMILES string of the molecule is CC(C)c1nc(Br)cc(NCCS(C)=O)n1. The van der Waals surface area contributed by atoms with Crippen LogP contribution in [0.1, 0.15) is 25.6 Å². The minimum Gasteiger partial charge on any atom is -0.369 e. The van der Waals surface area contributed by atoms with E-state index in [2.05, 4.69) is 31.2 Å². The molecule has 90 valence electrons. The Hall–Kier alpha value is -0.490. The van der Waals surface area contributed by atoms with Gasteiger partial charge in [-0.25, -0.2) is 9.97 Å². The summed E-state index contributed by atoms with van der Waals surface area (Å²) in [6.07, 6.45) is 1.69. The van der Waals surface area contributed by atoms with Gasteiger partial charge in [0, 0.05) is 41.3 Å². The van der Waals surface area contributed by atoms with Gasteiger partial charge in [0.15, 0.2) is 0 Å². The van der Waals surface area contributed by atoms with Crippen molar-refractivity contribution in [1.82, 2.24) is 9.97 Å². The van der Waals surface area contributed by atoms with Crippen molar-refractivity contribution in [3.63, 3.8) is 0 Å². The van der Waals surface area contributed by atoms with Gasteiger partial charge >= 0.3 is 0 Å². The first-order valence-electron chi connectivity index (χ1n) is 5.07. The van der Waals surface area contributed by atoms with E-state index in [4.69, 9.17) is 0 Å². The van der Waals surface area contributed by atoms with Crippen LogP contribution in [0.4, 0.5) is 5.82 Å². The lowest BCUT2D eigenvalue weighted by Gasteiger charge is -2.09. The third kappa shape index (κ3) is 4.57. The third-order valence-electron chi connectivity index (χ3n) is 1.92. The van der Waals surface area contributed by atoms with Crippen molar-refractivity contribution in [1.29, 1.82) is 0 Å². The van der Waals surface area contributed by atoms with Gasteiger partial charge in [0.25, 0.3) is 0 Å². The zero-order valence-electron chi connectivity index (χ0n) is 9.66. The van der Waals surface area contributed by atoms with Crippen LogP contribution in [0.2, 0.25) is 0 Å². The Kier molecular flexibility index (Phi) is 5.34. The van der Waals surface area contributed by atoms with Gasteiger partial charge in [-0.15, -0.1) is 0 Å². The molecule has 1 unspecified atom stereocenters. The summed E-state index contributed by atoms with van der Waals surface area (Å²) in [5.41, 5.74) is 0. The number of hydrogen-bond acceptors (Lipinski definition) is 4. The summed E-state index contributed by atoms with van der Waals surface area (Å²) >= 11 is 3.35. The summed E-state index contributed by atoms with van der Waals surface area (Å²) in [6, 6.07) is 1.82. The summed E-state index contributed by atoms with van der Waals surface area (Å²) in [5, 5.41) is 3.14. The Labute approximate surface area is 107 Å². The molecule has 0 aliphatic heterocycles. The van der Waals surface area contributed by atoms with E-state index < -0.39 is 10.8 Å². The second kappa shape index (κ2) is 6.30. The molecule has 0 spiro atoms. The van der Waals surface area contributed by atoms with Gasteiger partial charge in [-0.1, -0.05) is 13.8 Å². The molecule has 0 aromatic carbocycles. The van der Waals surface area contributed by atoms with E-state index in [1.165, 1.54) is 0 Å². The highest BCUT2D eigenvalue weighted by Gasteiger charge is 2.06. The van der Waals surface area contributed by atoms with Gasteiger partial charge in [-0.05, 0) is 15.9 Å². The van der Waals surface area contributed by atoms with Gasteiger partial charge in [-0.3, -0.25) is 4.21 Å². The van der Waals surface area contributed by atoms with Crippen molar-refractivity contribution < 1.29 is 4.21 Å². The number of aromatic nitrogens is 2. The highest BCUT2D eigenvalue weighted by atomic mass is 79.9. The predicted molar refractivity (Wildman–Crippen MR) is 71.2 cm³/mol. The van der Waals surface area contributed by atoms with Crippen LogP contribution >= 0.6 is 15.9 Å². The molecule has 1 N–H and O–H groups in total.